The van der Waals surface area contributed by atoms with Gasteiger partial charge in [-0.3, -0.25) is 9.59 Å². The van der Waals surface area contributed by atoms with Gasteiger partial charge in [0, 0.05) is 32.8 Å². The minimum Gasteiger partial charge on any atom is -0.393 e. The Morgan fingerprint density at radius 2 is 1.32 bits per heavy atom. The second kappa shape index (κ2) is 3.47. The number of hydrogen-bond acceptors (Lipinski definition) is 6. The van der Waals surface area contributed by atoms with E-state index in [1.54, 1.807) is 0 Å². The second-order valence-electron chi connectivity index (χ2n) is 7.68. The van der Waals surface area contributed by atoms with Crippen molar-refractivity contribution in [3.8, 4) is 0 Å². The Bertz CT molecular complexity index is 625. The monoisotopic (exact) mass is 334 g/mol. The first-order valence-electron chi connectivity index (χ1n) is 8.14. The summed E-state index contributed by atoms with van der Waals surface area (Å²) in [5, 5.41) is 2.58. The standard InChI is InChI=1S/C16H14O4S2/c17-15-9-10(16(18)20-15)12-8-7(11(9)19-12)13-5-3-1-2-4(21-3)6(5)14(8)22-13/h1-14H. The zero-order valence-corrected chi connectivity index (χ0v) is 13.2. The highest BCUT2D eigenvalue weighted by Crippen LogP contribution is 2.74. The summed E-state index contributed by atoms with van der Waals surface area (Å²) in [4.78, 5) is 24.1. The minimum atomic E-state index is -0.326. The van der Waals surface area contributed by atoms with Gasteiger partial charge < -0.3 is 9.47 Å². The molecular weight excluding hydrogens is 320 g/mol. The topological polar surface area (TPSA) is 52.6 Å². The van der Waals surface area contributed by atoms with Crippen LogP contribution < -0.4 is 0 Å². The molecule has 0 N–H and O–H groups in total. The Morgan fingerprint density at radius 1 is 0.773 bits per heavy atom. The van der Waals surface area contributed by atoms with Crippen LogP contribution in [0.4, 0.5) is 0 Å². The van der Waals surface area contributed by atoms with Crippen molar-refractivity contribution in [1.29, 1.82) is 0 Å². The van der Waals surface area contributed by atoms with Gasteiger partial charge in [-0.2, -0.15) is 11.8 Å². The lowest BCUT2D eigenvalue weighted by Crippen LogP contribution is -2.52. The lowest BCUT2D eigenvalue weighted by atomic mass is 9.57. The molecule has 6 heteroatoms. The first-order valence-corrected chi connectivity index (χ1v) is 10.0. The van der Waals surface area contributed by atoms with E-state index < -0.39 is 0 Å². The van der Waals surface area contributed by atoms with E-state index in [2.05, 4.69) is 35.7 Å². The van der Waals surface area contributed by atoms with Crippen LogP contribution in [0, 0.1) is 35.5 Å². The number of fused-ring (bicyclic) bond motifs is 19. The molecule has 6 bridgehead atoms. The molecule has 0 saturated carbocycles. The number of cyclic esters (lactones) is 2. The highest BCUT2D eigenvalue weighted by molar-refractivity contribution is 8.03. The first kappa shape index (κ1) is 12.0. The maximum atomic E-state index is 12.1. The Balaban J connectivity index is 1.35. The van der Waals surface area contributed by atoms with Crippen LogP contribution >= 0.6 is 23.5 Å². The molecule has 0 aromatic rings. The van der Waals surface area contributed by atoms with Gasteiger partial charge in [-0.25, -0.2) is 0 Å². The van der Waals surface area contributed by atoms with Crippen molar-refractivity contribution >= 4 is 35.5 Å². The van der Waals surface area contributed by atoms with Crippen molar-refractivity contribution in [2.45, 2.75) is 33.2 Å². The van der Waals surface area contributed by atoms with Gasteiger partial charge in [-0.1, -0.05) is 12.2 Å². The van der Waals surface area contributed by atoms with E-state index in [0.717, 1.165) is 11.8 Å². The van der Waals surface area contributed by atoms with Crippen LogP contribution in [0.25, 0.3) is 0 Å². The van der Waals surface area contributed by atoms with Gasteiger partial charge in [0.2, 0.25) is 0 Å². The fraction of sp³-hybridized carbons (Fsp3) is 0.750. The molecule has 7 heterocycles. The van der Waals surface area contributed by atoms with Crippen molar-refractivity contribution in [1.82, 2.24) is 0 Å². The summed E-state index contributed by atoms with van der Waals surface area (Å²) in [6, 6.07) is 0. The Morgan fingerprint density at radius 3 is 1.86 bits per heavy atom. The van der Waals surface area contributed by atoms with Crippen molar-refractivity contribution in [2.24, 2.45) is 35.5 Å². The number of esters is 2. The van der Waals surface area contributed by atoms with Crippen molar-refractivity contribution in [2.75, 3.05) is 0 Å². The summed E-state index contributed by atoms with van der Waals surface area (Å²) >= 11 is 4.29. The number of thioether (sulfide) groups is 2. The number of hydrogen-bond donors (Lipinski definition) is 0. The molecule has 12 unspecified atom stereocenters. The van der Waals surface area contributed by atoms with Gasteiger partial charge in [-0.05, 0) is 11.8 Å². The van der Waals surface area contributed by atoms with Crippen LogP contribution in [-0.2, 0) is 19.1 Å². The number of carbonyl (C=O) groups excluding carboxylic acids is 2. The largest absolute Gasteiger partial charge is 0.393 e. The van der Waals surface area contributed by atoms with Crippen LogP contribution in [0.15, 0.2) is 12.2 Å². The van der Waals surface area contributed by atoms with Crippen LogP contribution in [0.1, 0.15) is 0 Å². The molecule has 0 radical (unpaired) electrons. The van der Waals surface area contributed by atoms with Crippen molar-refractivity contribution in [3.63, 3.8) is 0 Å². The zero-order valence-electron chi connectivity index (χ0n) is 11.5. The minimum absolute atomic E-state index is 0.0597. The maximum absolute atomic E-state index is 12.1. The number of ether oxygens (including phenoxy) is 2. The third-order valence-corrected chi connectivity index (χ3v) is 10.7. The first-order chi connectivity index (χ1) is 10.7. The van der Waals surface area contributed by atoms with Gasteiger partial charge in [0.15, 0.2) is 0 Å². The summed E-state index contributed by atoms with van der Waals surface area (Å²) < 4.78 is 11.2. The van der Waals surface area contributed by atoms with E-state index in [0.29, 0.717) is 32.8 Å². The third kappa shape index (κ3) is 1.04. The molecule has 114 valence electrons. The van der Waals surface area contributed by atoms with Gasteiger partial charge in [-0.15, -0.1) is 11.8 Å². The molecule has 6 fully saturated rings. The van der Waals surface area contributed by atoms with E-state index in [1.807, 2.05) is 0 Å². The van der Waals surface area contributed by atoms with E-state index >= 15 is 0 Å². The molecule has 0 aromatic carbocycles. The average molecular weight is 334 g/mol. The molecule has 7 aliphatic rings. The Hall–Kier alpha value is -0.460. The maximum Gasteiger partial charge on any atom is 0.320 e. The molecule has 0 aromatic heterocycles. The number of carbonyl (C=O) groups is 2. The summed E-state index contributed by atoms with van der Waals surface area (Å²) in [7, 11) is 0. The van der Waals surface area contributed by atoms with Crippen LogP contribution in [0.2, 0.25) is 0 Å². The third-order valence-electron chi connectivity index (χ3n) is 7.20. The Kier molecular flexibility index (Phi) is 1.89. The van der Waals surface area contributed by atoms with Gasteiger partial charge in [0.25, 0.3) is 0 Å². The lowest BCUT2D eigenvalue weighted by Gasteiger charge is -2.41. The molecule has 12 atom stereocenters. The fourth-order valence-electron chi connectivity index (χ4n) is 6.70. The summed E-state index contributed by atoms with van der Waals surface area (Å²) in [5.41, 5.74) is 0. The van der Waals surface area contributed by atoms with Gasteiger partial charge in [0.1, 0.15) is 0 Å². The van der Waals surface area contributed by atoms with Crippen molar-refractivity contribution < 1.29 is 19.1 Å². The normalized spacial score (nSPS) is 67.8. The van der Waals surface area contributed by atoms with E-state index in [4.69, 9.17) is 9.47 Å². The molecule has 0 spiro atoms. The van der Waals surface area contributed by atoms with Crippen LogP contribution in [0.3, 0.4) is 0 Å². The molecule has 0 amide bonds. The lowest BCUT2D eigenvalue weighted by molar-refractivity contribution is -0.156. The quantitative estimate of drug-likeness (QED) is 0.376. The summed E-state index contributed by atoms with van der Waals surface area (Å²) in [6.45, 7) is 0. The smallest absolute Gasteiger partial charge is 0.320 e. The molecule has 6 saturated heterocycles. The highest BCUT2D eigenvalue weighted by Gasteiger charge is 2.78. The van der Waals surface area contributed by atoms with Crippen LogP contribution in [-0.4, -0.2) is 45.1 Å². The molecular formula is C16H14O4S2. The summed E-state index contributed by atoms with van der Waals surface area (Å²) in [5.74, 6) is 1.18. The molecule has 7 rings (SSSR count). The van der Waals surface area contributed by atoms with Crippen LogP contribution in [0.5, 0.6) is 0 Å². The predicted molar refractivity (Wildman–Crippen MR) is 80.2 cm³/mol. The highest BCUT2D eigenvalue weighted by atomic mass is 32.2. The molecule has 7 aliphatic heterocycles. The number of rotatable bonds is 0. The summed E-state index contributed by atoms with van der Waals surface area (Å²) in [6.07, 6.45) is 4.68. The van der Waals surface area contributed by atoms with Gasteiger partial charge in [0.05, 0.1) is 24.0 Å². The van der Waals surface area contributed by atoms with E-state index in [-0.39, 0.29) is 36.0 Å². The van der Waals surface area contributed by atoms with Crippen molar-refractivity contribution in [3.05, 3.63) is 12.2 Å². The van der Waals surface area contributed by atoms with E-state index in [9.17, 15) is 9.59 Å². The predicted octanol–water partition coefficient (Wildman–Crippen LogP) is 1.10. The SMILES string of the molecule is O=C1OC(=O)C2C3OC(C12)C1C2SC(C4C5C=CC(S5)C24)C31. The zero-order chi connectivity index (χ0) is 14.3. The molecule has 22 heavy (non-hydrogen) atoms. The Labute approximate surface area is 135 Å². The average Bonchev–Trinajstić information content (AvgIpc) is 3.31. The molecule has 4 nitrogen and oxygen atoms in total. The van der Waals surface area contributed by atoms with Gasteiger partial charge >= 0.3 is 11.9 Å². The molecule has 0 aliphatic carbocycles. The fourth-order valence-corrected chi connectivity index (χ4v) is 11.2. The second-order valence-corrected chi connectivity index (χ2v) is 10.4. The van der Waals surface area contributed by atoms with E-state index in [1.165, 1.54) is 0 Å².